The molecule has 1 amide bonds. The van der Waals surface area contributed by atoms with Gasteiger partial charge in [-0.2, -0.15) is 4.31 Å². The number of morpholine rings is 1. The third-order valence-corrected chi connectivity index (χ3v) is 7.48. The molecule has 2 fully saturated rings. The van der Waals surface area contributed by atoms with Crippen molar-refractivity contribution >= 4 is 27.5 Å². The van der Waals surface area contributed by atoms with Crippen LogP contribution in [-0.4, -0.2) is 56.2 Å². The van der Waals surface area contributed by atoms with Gasteiger partial charge in [-0.3, -0.25) is 4.79 Å². The molecule has 1 aliphatic heterocycles. The van der Waals surface area contributed by atoms with E-state index in [0.29, 0.717) is 18.1 Å². The number of carbonyl (C=O) groups is 1. The highest BCUT2D eigenvalue weighted by Crippen LogP contribution is 2.44. The minimum Gasteiger partial charge on any atom is -0.373 e. The minimum absolute atomic E-state index is 0.101. The van der Waals surface area contributed by atoms with Crippen molar-refractivity contribution in [3.05, 3.63) is 34.9 Å². The van der Waals surface area contributed by atoms with E-state index in [-0.39, 0.29) is 30.4 Å². The molecule has 0 spiro atoms. The maximum atomic E-state index is 12.8. The number of ether oxygens (including phenoxy) is 1. The summed E-state index contributed by atoms with van der Waals surface area (Å²) < 4.78 is 32.3. The van der Waals surface area contributed by atoms with Crippen molar-refractivity contribution in [2.24, 2.45) is 0 Å². The molecule has 1 saturated carbocycles. The van der Waals surface area contributed by atoms with Crippen LogP contribution in [0, 0.1) is 0 Å². The highest BCUT2D eigenvalue weighted by Gasteiger charge is 2.45. The Morgan fingerprint density at radius 1 is 1.30 bits per heavy atom. The van der Waals surface area contributed by atoms with Gasteiger partial charge in [0.05, 0.1) is 23.4 Å². The first-order valence-electron chi connectivity index (χ1n) is 9.40. The van der Waals surface area contributed by atoms with Crippen molar-refractivity contribution in [1.82, 2.24) is 9.62 Å². The van der Waals surface area contributed by atoms with Gasteiger partial charge in [0, 0.05) is 24.7 Å². The lowest BCUT2D eigenvalue weighted by atomic mass is 9.64. The van der Waals surface area contributed by atoms with Gasteiger partial charge in [-0.05, 0) is 44.4 Å². The highest BCUT2D eigenvalue weighted by molar-refractivity contribution is 7.89. The average Bonchev–Trinajstić information content (AvgIpc) is 2.53. The SMILES string of the molecule is C[C@@H]1CN(S(=O)(=O)CCNC(=O)C2(c3cccc(Cl)c3)CCC2)C[C@@H](C)O1. The van der Waals surface area contributed by atoms with Crippen LogP contribution < -0.4 is 5.32 Å². The number of halogens is 1. The van der Waals surface area contributed by atoms with Crippen molar-refractivity contribution in [2.75, 3.05) is 25.4 Å². The summed E-state index contributed by atoms with van der Waals surface area (Å²) in [6.07, 6.45) is 2.23. The smallest absolute Gasteiger partial charge is 0.230 e. The van der Waals surface area contributed by atoms with E-state index in [1.807, 2.05) is 32.0 Å². The largest absolute Gasteiger partial charge is 0.373 e. The van der Waals surface area contributed by atoms with Crippen molar-refractivity contribution in [3.8, 4) is 0 Å². The van der Waals surface area contributed by atoms with E-state index in [0.717, 1.165) is 24.8 Å². The number of amides is 1. The molecule has 1 N–H and O–H groups in total. The molecule has 1 aromatic carbocycles. The van der Waals surface area contributed by atoms with Gasteiger partial charge in [0.1, 0.15) is 0 Å². The fourth-order valence-electron chi connectivity index (χ4n) is 3.91. The Balaban J connectivity index is 1.60. The molecular weight excluding hydrogens is 388 g/mol. The first kappa shape index (κ1) is 20.6. The predicted octanol–water partition coefficient (Wildman–Crippen LogP) is 2.32. The van der Waals surface area contributed by atoms with Gasteiger partial charge in [-0.1, -0.05) is 30.2 Å². The van der Waals surface area contributed by atoms with E-state index in [9.17, 15) is 13.2 Å². The Morgan fingerprint density at radius 3 is 2.52 bits per heavy atom. The molecule has 8 heteroatoms. The second-order valence-electron chi connectivity index (χ2n) is 7.59. The van der Waals surface area contributed by atoms with Crippen LogP contribution in [0.4, 0.5) is 0 Å². The fraction of sp³-hybridized carbons (Fsp3) is 0.632. The maximum absolute atomic E-state index is 12.8. The quantitative estimate of drug-likeness (QED) is 0.775. The van der Waals surface area contributed by atoms with Crippen LogP contribution in [0.1, 0.15) is 38.7 Å². The van der Waals surface area contributed by atoms with Crippen LogP contribution in [0.3, 0.4) is 0 Å². The number of hydrogen-bond acceptors (Lipinski definition) is 4. The first-order valence-corrected chi connectivity index (χ1v) is 11.4. The molecule has 150 valence electrons. The Morgan fingerprint density at radius 2 is 1.96 bits per heavy atom. The van der Waals surface area contributed by atoms with Gasteiger partial charge in [0.15, 0.2) is 0 Å². The lowest BCUT2D eigenvalue weighted by Crippen LogP contribution is -2.52. The Hall–Kier alpha value is -1.15. The van der Waals surface area contributed by atoms with Crippen LogP contribution >= 0.6 is 11.6 Å². The third-order valence-electron chi connectivity index (χ3n) is 5.44. The summed E-state index contributed by atoms with van der Waals surface area (Å²) in [6.45, 7) is 4.54. The highest BCUT2D eigenvalue weighted by atomic mass is 35.5. The zero-order chi connectivity index (χ0) is 19.7. The van der Waals surface area contributed by atoms with Crippen molar-refractivity contribution in [1.29, 1.82) is 0 Å². The molecule has 1 aliphatic carbocycles. The second kappa shape index (κ2) is 8.07. The molecule has 2 atom stereocenters. The number of hydrogen-bond donors (Lipinski definition) is 1. The molecule has 3 rings (SSSR count). The molecular formula is C19H27ClN2O4S. The summed E-state index contributed by atoms with van der Waals surface area (Å²) in [5, 5.41) is 3.44. The minimum atomic E-state index is -3.43. The molecule has 1 heterocycles. The van der Waals surface area contributed by atoms with Gasteiger partial charge in [-0.15, -0.1) is 0 Å². The lowest BCUT2D eigenvalue weighted by Gasteiger charge is -2.41. The van der Waals surface area contributed by atoms with Crippen LogP contribution in [0.15, 0.2) is 24.3 Å². The zero-order valence-corrected chi connectivity index (χ0v) is 17.4. The van der Waals surface area contributed by atoms with Crippen LogP contribution in [0.2, 0.25) is 5.02 Å². The van der Waals surface area contributed by atoms with E-state index in [2.05, 4.69) is 5.32 Å². The van der Waals surface area contributed by atoms with Crippen LogP contribution in [-0.2, 0) is 25.0 Å². The van der Waals surface area contributed by atoms with Gasteiger partial charge in [0.25, 0.3) is 0 Å². The maximum Gasteiger partial charge on any atom is 0.230 e. The van der Waals surface area contributed by atoms with Crippen molar-refractivity contribution < 1.29 is 17.9 Å². The van der Waals surface area contributed by atoms with E-state index in [1.165, 1.54) is 4.31 Å². The third kappa shape index (κ3) is 4.47. The number of sulfonamides is 1. The fourth-order valence-corrected chi connectivity index (χ4v) is 5.60. The summed E-state index contributed by atoms with van der Waals surface area (Å²) in [4.78, 5) is 12.8. The first-order chi connectivity index (χ1) is 12.7. The molecule has 2 aliphatic rings. The van der Waals surface area contributed by atoms with Gasteiger partial charge < -0.3 is 10.1 Å². The Bertz CT molecular complexity index is 785. The summed E-state index contributed by atoms with van der Waals surface area (Å²) >= 11 is 6.08. The van der Waals surface area contributed by atoms with Crippen molar-refractivity contribution in [3.63, 3.8) is 0 Å². The molecule has 1 aromatic rings. The molecule has 0 bridgehead atoms. The van der Waals surface area contributed by atoms with Gasteiger partial charge in [0.2, 0.25) is 15.9 Å². The van der Waals surface area contributed by atoms with E-state index >= 15 is 0 Å². The van der Waals surface area contributed by atoms with E-state index < -0.39 is 15.4 Å². The molecule has 27 heavy (non-hydrogen) atoms. The molecule has 1 saturated heterocycles. The number of rotatable bonds is 6. The number of nitrogens with zero attached hydrogens (tertiary/aromatic N) is 1. The molecule has 0 unspecified atom stereocenters. The molecule has 0 aromatic heterocycles. The number of nitrogens with one attached hydrogen (secondary N) is 1. The normalized spacial score (nSPS) is 25.6. The topological polar surface area (TPSA) is 75.7 Å². The van der Waals surface area contributed by atoms with Gasteiger partial charge >= 0.3 is 0 Å². The standard InChI is InChI=1S/C19H27ClN2O4S/c1-14-12-22(13-15(2)26-14)27(24,25)10-9-21-18(23)19(7-4-8-19)16-5-3-6-17(20)11-16/h3,5-6,11,14-15H,4,7-10,12-13H2,1-2H3,(H,21,23)/t14-,15-/m1/s1. The molecule has 6 nitrogen and oxygen atoms in total. The second-order valence-corrected chi connectivity index (χ2v) is 10.1. The number of benzene rings is 1. The van der Waals surface area contributed by atoms with E-state index in [1.54, 1.807) is 6.07 Å². The average molecular weight is 415 g/mol. The van der Waals surface area contributed by atoms with Crippen LogP contribution in [0.5, 0.6) is 0 Å². The van der Waals surface area contributed by atoms with Crippen molar-refractivity contribution in [2.45, 2.75) is 50.7 Å². The summed E-state index contributed by atoms with van der Waals surface area (Å²) in [5.74, 6) is -0.223. The zero-order valence-electron chi connectivity index (χ0n) is 15.8. The lowest BCUT2D eigenvalue weighted by molar-refractivity contribution is -0.129. The van der Waals surface area contributed by atoms with Gasteiger partial charge in [-0.25, -0.2) is 8.42 Å². The van der Waals surface area contributed by atoms with E-state index in [4.69, 9.17) is 16.3 Å². The Kier molecular flexibility index (Phi) is 6.15. The molecule has 0 radical (unpaired) electrons. The summed E-state index contributed by atoms with van der Waals surface area (Å²) in [6, 6.07) is 7.37. The number of carbonyl (C=O) groups excluding carboxylic acids is 1. The summed E-state index contributed by atoms with van der Waals surface area (Å²) in [7, 11) is -3.43. The predicted molar refractivity (Wildman–Crippen MR) is 105 cm³/mol. The summed E-state index contributed by atoms with van der Waals surface area (Å²) in [5.41, 5.74) is 0.314. The van der Waals surface area contributed by atoms with Crippen LogP contribution in [0.25, 0.3) is 0 Å². The monoisotopic (exact) mass is 414 g/mol. The Labute approximate surface area is 166 Å².